The van der Waals surface area contributed by atoms with Crippen molar-refractivity contribution < 1.29 is 9.13 Å². The summed E-state index contributed by atoms with van der Waals surface area (Å²) < 4.78 is 25.2. The Morgan fingerprint density at radius 3 is 2.61 bits per heavy atom. The minimum absolute atomic E-state index is 0.0442. The van der Waals surface area contributed by atoms with E-state index in [0.29, 0.717) is 32.6 Å². The van der Waals surface area contributed by atoms with Crippen molar-refractivity contribution in [3.05, 3.63) is 59.3 Å². The maximum Gasteiger partial charge on any atom is 0.334 e. The standard InChI is InChI=1S/C23H21FN6O2S/c1-5-33-14-6-17(24)22(26-10-14)30-21-16-7-15(13-9-27-28(2)12-13)20(32-4)8-18(16)25-11-19(21)29(3)23(30)31/h6-12H,5H2,1-4H3. The fraction of sp³-hybridized carbons (Fsp3) is 0.217. The highest BCUT2D eigenvalue weighted by Gasteiger charge is 2.21. The Bertz CT molecular complexity index is 1590. The molecule has 0 aliphatic carbocycles. The number of nitrogens with zero attached hydrogens (tertiary/aromatic N) is 6. The summed E-state index contributed by atoms with van der Waals surface area (Å²) in [6, 6.07) is 5.12. The van der Waals surface area contributed by atoms with Crippen LogP contribution in [0.3, 0.4) is 0 Å². The molecule has 10 heteroatoms. The highest BCUT2D eigenvalue weighted by Crippen LogP contribution is 2.36. The first-order chi connectivity index (χ1) is 15.9. The average Bonchev–Trinajstić information content (AvgIpc) is 3.35. The van der Waals surface area contributed by atoms with Crippen LogP contribution in [0.1, 0.15) is 6.92 Å². The van der Waals surface area contributed by atoms with Gasteiger partial charge in [0.15, 0.2) is 11.6 Å². The van der Waals surface area contributed by atoms with E-state index in [-0.39, 0.29) is 5.82 Å². The van der Waals surface area contributed by atoms with Crippen LogP contribution in [-0.4, -0.2) is 41.7 Å². The van der Waals surface area contributed by atoms with E-state index in [1.54, 1.807) is 37.4 Å². The van der Waals surface area contributed by atoms with Gasteiger partial charge in [0.1, 0.15) is 5.75 Å². The topological polar surface area (TPSA) is 79.8 Å². The van der Waals surface area contributed by atoms with Crippen molar-refractivity contribution in [2.75, 3.05) is 12.9 Å². The number of aromatic nitrogens is 6. The predicted molar refractivity (Wildman–Crippen MR) is 127 cm³/mol. The zero-order valence-electron chi connectivity index (χ0n) is 18.5. The normalized spacial score (nSPS) is 11.5. The summed E-state index contributed by atoms with van der Waals surface area (Å²) in [6.07, 6.45) is 6.81. The molecule has 0 saturated heterocycles. The second-order valence-corrected chi connectivity index (χ2v) is 8.89. The van der Waals surface area contributed by atoms with Crippen molar-refractivity contribution in [3.63, 3.8) is 0 Å². The van der Waals surface area contributed by atoms with Gasteiger partial charge in [-0.3, -0.25) is 14.2 Å². The molecule has 0 amide bonds. The monoisotopic (exact) mass is 464 g/mol. The van der Waals surface area contributed by atoms with Crippen molar-refractivity contribution >= 4 is 33.7 Å². The maximum absolute atomic E-state index is 15.2. The molecular formula is C23H21FN6O2S. The molecule has 8 nitrogen and oxygen atoms in total. The first kappa shape index (κ1) is 21.2. The largest absolute Gasteiger partial charge is 0.496 e. The summed E-state index contributed by atoms with van der Waals surface area (Å²) in [4.78, 5) is 22.8. The van der Waals surface area contributed by atoms with Crippen LogP contribution >= 0.6 is 11.8 Å². The van der Waals surface area contributed by atoms with Crippen LogP contribution in [0.2, 0.25) is 0 Å². The zero-order chi connectivity index (χ0) is 23.3. The first-order valence-electron chi connectivity index (χ1n) is 10.3. The highest BCUT2D eigenvalue weighted by molar-refractivity contribution is 7.99. The van der Waals surface area contributed by atoms with Gasteiger partial charge >= 0.3 is 5.69 Å². The van der Waals surface area contributed by atoms with E-state index in [9.17, 15) is 4.79 Å². The summed E-state index contributed by atoms with van der Waals surface area (Å²) in [5.41, 5.74) is 2.96. The van der Waals surface area contributed by atoms with Gasteiger partial charge in [-0.1, -0.05) is 6.92 Å². The van der Waals surface area contributed by atoms with Crippen molar-refractivity contribution in [1.29, 1.82) is 0 Å². The second kappa shape index (κ2) is 8.04. The zero-order valence-corrected chi connectivity index (χ0v) is 19.4. The van der Waals surface area contributed by atoms with E-state index >= 15 is 4.39 Å². The number of rotatable bonds is 5. The number of aryl methyl sites for hydroxylation is 2. The lowest BCUT2D eigenvalue weighted by Crippen LogP contribution is -2.22. The summed E-state index contributed by atoms with van der Waals surface area (Å²) in [6.45, 7) is 1.99. The molecule has 0 bridgehead atoms. The Balaban J connectivity index is 1.87. The highest BCUT2D eigenvalue weighted by atomic mass is 32.2. The van der Waals surface area contributed by atoms with Crippen molar-refractivity contribution in [2.45, 2.75) is 11.8 Å². The van der Waals surface area contributed by atoms with Gasteiger partial charge in [0.2, 0.25) is 0 Å². The Morgan fingerprint density at radius 1 is 1.12 bits per heavy atom. The number of methoxy groups -OCH3 is 1. The van der Waals surface area contributed by atoms with Gasteiger partial charge in [-0.15, -0.1) is 11.8 Å². The van der Waals surface area contributed by atoms with Crippen LogP contribution in [-0.2, 0) is 14.1 Å². The number of imidazole rings is 1. The number of halogens is 1. The van der Waals surface area contributed by atoms with Crippen molar-refractivity contribution in [2.24, 2.45) is 14.1 Å². The van der Waals surface area contributed by atoms with Gasteiger partial charge in [0.25, 0.3) is 0 Å². The average molecular weight is 465 g/mol. The fourth-order valence-electron chi connectivity index (χ4n) is 4.00. The molecule has 0 atom stereocenters. The lowest BCUT2D eigenvalue weighted by molar-refractivity contribution is 0.417. The Kier molecular flexibility index (Phi) is 5.16. The molecule has 0 saturated carbocycles. The lowest BCUT2D eigenvalue weighted by Gasteiger charge is -2.11. The number of benzene rings is 1. The summed E-state index contributed by atoms with van der Waals surface area (Å²) in [5, 5.41) is 4.93. The molecule has 168 valence electrons. The van der Waals surface area contributed by atoms with E-state index in [0.717, 1.165) is 16.9 Å². The van der Waals surface area contributed by atoms with Gasteiger partial charge in [-0.25, -0.2) is 18.7 Å². The molecule has 5 aromatic rings. The predicted octanol–water partition coefficient (Wildman–Crippen LogP) is 3.93. The molecule has 1 aromatic carbocycles. The van der Waals surface area contributed by atoms with E-state index in [1.165, 1.54) is 27.0 Å². The lowest BCUT2D eigenvalue weighted by atomic mass is 10.0. The number of hydrogen-bond donors (Lipinski definition) is 0. The van der Waals surface area contributed by atoms with Crippen LogP contribution in [0.25, 0.3) is 38.9 Å². The molecular weight excluding hydrogens is 443 g/mol. The van der Waals surface area contributed by atoms with Gasteiger partial charge in [-0.05, 0) is 17.9 Å². The number of pyridine rings is 2. The van der Waals surface area contributed by atoms with Gasteiger partial charge in [0, 0.05) is 54.0 Å². The summed E-state index contributed by atoms with van der Waals surface area (Å²) in [5.74, 6) is 0.813. The van der Waals surface area contributed by atoms with E-state index in [1.807, 2.05) is 32.3 Å². The van der Waals surface area contributed by atoms with E-state index in [2.05, 4.69) is 15.1 Å². The Hall–Kier alpha value is -3.66. The van der Waals surface area contributed by atoms with Gasteiger partial charge < -0.3 is 4.74 Å². The third-order valence-corrected chi connectivity index (χ3v) is 6.39. The van der Waals surface area contributed by atoms with Crippen LogP contribution in [0, 0.1) is 5.82 Å². The van der Waals surface area contributed by atoms with Gasteiger partial charge in [0.05, 0.1) is 36.1 Å². The van der Waals surface area contributed by atoms with E-state index in [4.69, 9.17) is 4.74 Å². The van der Waals surface area contributed by atoms with Crippen LogP contribution in [0.4, 0.5) is 4.39 Å². The number of thioether (sulfide) groups is 1. The minimum atomic E-state index is -0.561. The molecule has 4 heterocycles. The molecule has 0 radical (unpaired) electrons. The second-order valence-electron chi connectivity index (χ2n) is 7.55. The van der Waals surface area contributed by atoms with Crippen molar-refractivity contribution in [3.8, 4) is 22.7 Å². The molecule has 0 unspecified atom stereocenters. The summed E-state index contributed by atoms with van der Waals surface area (Å²) >= 11 is 1.49. The molecule has 0 spiro atoms. The van der Waals surface area contributed by atoms with Crippen LogP contribution < -0.4 is 10.4 Å². The Labute approximate surface area is 192 Å². The molecule has 4 aromatic heterocycles. The molecule has 0 fully saturated rings. The molecule has 33 heavy (non-hydrogen) atoms. The molecule has 5 rings (SSSR count). The third kappa shape index (κ3) is 3.37. The number of hydrogen-bond acceptors (Lipinski definition) is 6. The Morgan fingerprint density at radius 2 is 1.94 bits per heavy atom. The molecule has 0 aliphatic rings. The number of ether oxygens (including phenoxy) is 1. The number of fused-ring (bicyclic) bond motifs is 3. The molecule has 0 N–H and O–H groups in total. The van der Waals surface area contributed by atoms with Crippen LogP contribution in [0.15, 0.2) is 52.7 Å². The molecule has 0 aliphatic heterocycles. The minimum Gasteiger partial charge on any atom is -0.496 e. The fourth-order valence-corrected chi connectivity index (χ4v) is 4.65. The van der Waals surface area contributed by atoms with Crippen LogP contribution in [0.5, 0.6) is 5.75 Å². The first-order valence-corrected chi connectivity index (χ1v) is 11.3. The van der Waals surface area contributed by atoms with Gasteiger partial charge in [-0.2, -0.15) is 5.10 Å². The van der Waals surface area contributed by atoms with Crippen molar-refractivity contribution in [1.82, 2.24) is 28.9 Å². The third-order valence-electron chi connectivity index (χ3n) is 5.54. The van der Waals surface area contributed by atoms with E-state index < -0.39 is 11.5 Å². The maximum atomic E-state index is 15.2. The quantitative estimate of drug-likeness (QED) is 0.367. The smallest absolute Gasteiger partial charge is 0.334 e. The summed E-state index contributed by atoms with van der Waals surface area (Å²) in [7, 11) is 5.06. The SMILES string of the molecule is CCSc1cnc(-n2c(=O)n(C)c3cnc4cc(OC)c(-c5cnn(C)c5)cc4c32)c(F)c1.